The van der Waals surface area contributed by atoms with E-state index < -0.39 is 11.9 Å². The topological polar surface area (TPSA) is 79.0 Å². The molecule has 2 unspecified atom stereocenters. The lowest BCUT2D eigenvalue weighted by molar-refractivity contribution is -0.910. The van der Waals surface area contributed by atoms with E-state index in [1.165, 1.54) is 38.8 Å². The average Bonchev–Trinajstić information content (AvgIpc) is 2.75. The van der Waals surface area contributed by atoms with Gasteiger partial charge >= 0.3 is 11.9 Å². The predicted octanol–water partition coefficient (Wildman–Crippen LogP) is 0.566. The fourth-order valence-electron chi connectivity index (χ4n) is 2.29. The summed E-state index contributed by atoms with van der Waals surface area (Å²) in [5, 5.41) is 15.6. The first-order valence-corrected chi connectivity index (χ1v) is 6.49. The third-order valence-corrected chi connectivity index (χ3v) is 3.09. The summed E-state index contributed by atoms with van der Waals surface area (Å²) in [5.74, 6) is -2.51. The number of likely N-dealkylation sites (tertiary alicyclic amines) is 1. The van der Waals surface area contributed by atoms with Crippen LogP contribution in [0.2, 0.25) is 0 Å². The molecule has 5 nitrogen and oxygen atoms in total. The second-order valence-corrected chi connectivity index (χ2v) is 4.40. The Morgan fingerprint density at radius 3 is 2.17 bits per heavy atom. The molecule has 0 amide bonds. The van der Waals surface area contributed by atoms with Gasteiger partial charge in [-0.15, -0.1) is 0 Å². The fourth-order valence-corrected chi connectivity index (χ4v) is 2.29. The normalized spacial score (nSPS) is 22.6. The Balaban J connectivity index is 0.000000331. The van der Waals surface area contributed by atoms with Crippen LogP contribution in [0.4, 0.5) is 0 Å². The summed E-state index contributed by atoms with van der Waals surface area (Å²) in [6, 6.07) is 1.01. The minimum absolute atomic E-state index is 0.558. The molecule has 1 aliphatic rings. The van der Waals surface area contributed by atoms with Crippen LogP contribution in [0.25, 0.3) is 0 Å². The number of carbonyl (C=O) groups is 2. The van der Waals surface area contributed by atoms with Gasteiger partial charge in [0, 0.05) is 25.0 Å². The van der Waals surface area contributed by atoms with Gasteiger partial charge in [-0.3, -0.25) is 0 Å². The van der Waals surface area contributed by atoms with Crippen LogP contribution in [-0.4, -0.2) is 41.3 Å². The van der Waals surface area contributed by atoms with E-state index in [4.69, 9.17) is 10.2 Å². The smallest absolute Gasteiger partial charge is 0.328 e. The summed E-state index contributed by atoms with van der Waals surface area (Å²) in [7, 11) is 0. The molecule has 0 radical (unpaired) electrons. The number of quaternary nitrogens is 1. The van der Waals surface area contributed by atoms with Gasteiger partial charge in [-0.25, -0.2) is 9.59 Å². The Hall–Kier alpha value is -1.36. The quantitative estimate of drug-likeness (QED) is 0.630. The molecule has 0 spiro atoms. The standard InChI is InChI=1S/C9H19N.C4H4O4/c1-3-6-9-7-5-8-10(9)4-2;5-3(6)1-2-4(7)8/h9H,3-8H2,1-2H3;1-2H,(H,5,6)(H,7,8)/p+1/b;2-1+. The molecule has 1 saturated heterocycles. The lowest BCUT2D eigenvalue weighted by atomic mass is 10.1. The average molecular weight is 258 g/mol. The predicted molar refractivity (Wildman–Crippen MR) is 68.7 cm³/mol. The zero-order valence-corrected chi connectivity index (χ0v) is 11.2. The van der Waals surface area contributed by atoms with Gasteiger partial charge in [0.25, 0.3) is 0 Å². The molecule has 2 atom stereocenters. The number of rotatable bonds is 5. The van der Waals surface area contributed by atoms with E-state index in [2.05, 4.69) is 13.8 Å². The van der Waals surface area contributed by atoms with Crippen molar-refractivity contribution in [2.45, 2.75) is 45.6 Å². The second kappa shape index (κ2) is 9.65. The molecule has 1 aliphatic heterocycles. The molecule has 5 heteroatoms. The van der Waals surface area contributed by atoms with E-state index in [-0.39, 0.29) is 0 Å². The largest absolute Gasteiger partial charge is 0.478 e. The Kier molecular flexibility index (Phi) is 8.92. The minimum Gasteiger partial charge on any atom is -0.478 e. The lowest BCUT2D eigenvalue weighted by Gasteiger charge is -2.18. The summed E-state index contributed by atoms with van der Waals surface area (Å²) >= 11 is 0. The Morgan fingerprint density at radius 2 is 1.78 bits per heavy atom. The van der Waals surface area contributed by atoms with E-state index in [0.29, 0.717) is 12.2 Å². The monoisotopic (exact) mass is 258 g/mol. The number of nitrogens with one attached hydrogen (secondary N) is 1. The van der Waals surface area contributed by atoms with Gasteiger partial charge in [-0.1, -0.05) is 13.3 Å². The molecule has 3 N–H and O–H groups in total. The van der Waals surface area contributed by atoms with Crippen molar-refractivity contribution >= 4 is 11.9 Å². The molecule has 1 heterocycles. The number of hydrogen-bond acceptors (Lipinski definition) is 2. The van der Waals surface area contributed by atoms with Crippen LogP contribution in [0.15, 0.2) is 12.2 Å². The SMILES string of the molecule is CCCC1CCC[NH+]1CC.O=C(O)/C=C/C(=O)O. The highest BCUT2D eigenvalue weighted by Gasteiger charge is 2.25. The van der Waals surface area contributed by atoms with Crippen LogP contribution in [-0.2, 0) is 9.59 Å². The molecule has 0 bridgehead atoms. The van der Waals surface area contributed by atoms with Crippen molar-refractivity contribution in [3.63, 3.8) is 0 Å². The highest BCUT2D eigenvalue weighted by molar-refractivity contribution is 5.89. The van der Waals surface area contributed by atoms with Crippen molar-refractivity contribution in [1.82, 2.24) is 0 Å². The third-order valence-electron chi connectivity index (χ3n) is 3.09. The lowest BCUT2D eigenvalue weighted by Crippen LogP contribution is -3.13. The third kappa shape index (κ3) is 7.84. The molecule has 1 fully saturated rings. The van der Waals surface area contributed by atoms with Crippen molar-refractivity contribution in [3.8, 4) is 0 Å². The second-order valence-electron chi connectivity index (χ2n) is 4.40. The molecule has 1 rings (SSSR count). The zero-order valence-electron chi connectivity index (χ0n) is 11.2. The number of carboxylic acids is 2. The molecule has 18 heavy (non-hydrogen) atoms. The zero-order chi connectivity index (χ0) is 14.0. The minimum atomic E-state index is -1.26. The van der Waals surface area contributed by atoms with E-state index in [0.717, 1.165) is 6.04 Å². The van der Waals surface area contributed by atoms with Gasteiger partial charge in [0.2, 0.25) is 0 Å². The van der Waals surface area contributed by atoms with Gasteiger partial charge in [0.15, 0.2) is 0 Å². The van der Waals surface area contributed by atoms with Crippen LogP contribution in [0.5, 0.6) is 0 Å². The van der Waals surface area contributed by atoms with Crippen LogP contribution >= 0.6 is 0 Å². The molecular weight excluding hydrogens is 234 g/mol. The molecular formula is C13H24NO4+. The highest BCUT2D eigenvalue weighted by atomic mass is 16.4. The van der Waals surface area contributed by atoms with Gasteiger partial charge < -0.3 is 15.1 Å². The fraction of sp³-hybridized carbons (Fsp3) is 0.692. The molecule has 0 aromatic rings. The molecule has 0 aromatic heterocycles. The maximum absolute atomic E-state index is 9.55. The van der Waals surface area contributed by atoms with E-state index in [1.807, 2.05) is 4.90 Å². The first kappa shape index (κ1) is 16.6. The van der Waals surface area contributed by atoms with Crippen LogP contribution < -0.4 is 4.90 Å². The van der Waals surface area contributed by atoms with Crippen LogP contribution in [0.3, 0.4) is 0 Å². The van der Waals surface area contributed by atoms with E-state index in [9.17, 15) is 9.59 Å². The summed E-state index contributed by atoms with van der Waals surface area (Å²) in [6.07, 6.45) is 6.88. The summed E-state index contributed by atoms with van der Waals surface area (Å²) in [4.78, 5) is 21.0. The van der Waals surface area contributed by atoms with Gasteiger partial charge in [0.1, 0.15) is 0 Å². The number of carboxylic acid groups (broad SMARTS) is 2. The Bertz CT molecular complexity index is 273. The molecule has 0 aliphatic carbocycles. The molecule has 0 saturated carbocycles. The maximum Gasteiger partial charge on any atom is 0.328 e. The van der Waals surface area contributed by atoms with Crippen molar-refractivity contribution in [3.05, 3.63) is 12.2 Å². The first-order valence-electron chi connectivity index (χ1n) is 6.49. The van der Waals surface area contributed by atoms with Gasteiger partial charge in [0.05, 0.1) is 19.1 Å². The Labute approximate surface area is 108 Å². The van der Waals surface area contributed by atoms with Gasteiger partial charge in [-0.05, 0) is 13.3 Å². The number of hydrogen-bond donors (Lipinski definition) is 3. The molecule has 0 aromatic carbocycles. The summed E-state index contributed by atoms with van der Waals surface area (Å²) in [5.41, 5.74) is 0. The van der Waals surface area contributed by atoms with Crippen molar-refractivity contribution in [1.29, 1.82) is 0 Å². The van der Waals surface area contributed by atoms with Crippen molar-refractivity contribution in [2.24, 2.45) is 0 Å². The van der Waals surface area contributed by atoms with Crippen LogP contribution in [0.1, 0.15) is 39.5 Å². The van der Waals surface area contributed by atoms with E-state index >= 15 is 0 Å². The van der Waals surface area contributed by atoms with Crippen molar-refractivity contribution < 1.29 is 24.7 Å². The first-order chi connectivity index (χ1) is 8.51. The van der Waals surface area contributed by atoms with Crippen LogP contribution in [0, 0.1) is 0 Å². The number of aliphatic carboxylic acids is 2. The summed E-state index contributed by atoms with van der Waals surface area (Å²) in [6.45, 7) is 7.38. The molecule has 104 valence electrons. The summed E-state index contributed by atoms with van der Waals surface area (Å²) < 4.78 is 0. The van der Waals surface area contributed by atoms with E-state index in [1.54, 1.807) is 0 Å². The highest BCUT2D eigenvalue weighted by Crippen LogP contribution is 2.05. The maximum atomic E-state index is 9.55. The Morgan fingerprint density at radius 1 is 1.22 bits per heavy atom. The van der Waals surface area contributed by atoms with Crippen molar-refractivity contribution in [2.75, 3.05) is 13.1 Å². The van der Waals surface area contributed by atoms with Gasteiger partial charge in [-0.2, -0.15) is 0 Å².